The molecule has 0 heterocycles. The molecule has 0 aliphatic heterocycles. The van der Waals surface area contributed by atoms with Gasteiger partial charge < -0.3 is 10.1 Å². The van der Waals surface area contributed by atoms with Crippen molar-refractivity contribution < 1.29 is 27.1 Å². The van der Waals surface area contributed by atoms with Gasteiger partial charge in [-0.1, -0.05) is 0 Å². The van der Waals surface area contributed by atoms with Crippen LogP contribution in [0.25, 0.3) is 0 Å². The van der Waals surface area contributed by atoms with E-state index in [4.69, 9.17) is 4.74 Å². The van der Waals surface area contributed by atoms with E-state index in [1.54, 1.807) is 0 Å². The molecule has 1 aliphatic carbocycles. The van der Waals surface area contributed by atoms with Crippen LogP contribution in [0.1, 0.15) is 35.7 Å². The predicted molar refractivity (Wildman–Crippen MR) is 104 cm³/mol. The second-order valence-electron chi connectivity index (χ2n) is 6.92. The highest BCUT2D eigenvalue weighted by Gasteiger charge is 2.27. The topological polar surface area (TPSA) is 102 Å². The van der Waals surface area contributed by atoms with E-state index in [0.717, 1.165) is 25.0 Å². The van der Waals surface area contributed by atoms with Crippen molar-refractivity contribution in [3.63, 3.8) is 0 Å². The second-order valence-corrected chi connectivity index (χ2v) is 8.57. The standard InChI is InChI=1S/C20H21FN2O5S/c1-12-11-15(21)5-10-18(12)29(26,27)23-17-6-3-14(4-7-17)20(25)28-13(2)19(24)22-16-8-9-16/h3-7,10-11,13,16,23H,8-9H2,1-2H3,(H,22,24)/t13-/m0/s1. The summed E-state index contributed by atoms with van der Waals surface area (Å²) >= 11 is 0. The average molecular weight is 420 g/mol. The third-order valence-corrected chi connectivity index (χ3v) is 5.92. The highest BCUT2D eigenvalue weighted by molar-refractivity contribution is 7.92. The lowest BCUT2D eigenvalue weighted by atomic mass is 10.2. The number of sulfonamides is 1. The zero-order chi connectivity index (χ0) is 21.2. The van der Waals surface area contributed by atoms with Crippen LogP contribution in [0, 0.1) is 12.7 Å². The van der Waals surface area contributed by atoms with E-state index in [1.807, 2.05) is 0 Å². The van der Waals surface area contributed by atoms with E-state index in [9.17, 15) is 22.4 Å². The molecular weight excluding hydrogens is 399 g/mol. The summed E-state index contributed by atoms with van der Waals surface area (Å²) in [6.45, 7) is 2.99. The zero-order valence-corrected chi connectivity index (χ0v) is 16.8. The van der Waals surface area contributed by atoms with Crippen molar-refractivity contribution in [3.05, 3.63) is 59.4 Å². The van der Waals surface area contributed by atoms with Crippen molar-refractivity contribution in [2.45, 2.75) is 43.7 Å². The number of aryl methyl sites for hydroxylation is 1. The lowest BCUT2D eigenvalue weighted by Gasteiger charge is -2.14. The summed E-state index contributed by atoms with van der Waals surface area (Å²) in [7, 11) is -3.92. The fourth-order valence-corrected chi connectivity index (χ4v) is 3.91. The van der Waals surface area contributed by atoms with Crippen LogP contribution in [0.2, 0.25) is 0 Å². The van der Waals surface area contributed by atoms with Gasteiger partial charge in [-0.15, -0.1) is 0 Å². The molecule has 0 saturated heterocycles. The monoisotopic (exact) mass is 420 g/mol. The maximum atomic E-state index is 13.2. The van der Waals surface area contributed by atoms with Gasteiger partial charge in [0.1, 0.15) is 5.82 Å². The Bertz CT molecular complexity index is 1030. The first-order valence-electron chi connectivity index (χ1n) is 9.06. The van der Waals surface area contributed by atoms with Gasteiger partial charge in [-0.2, -0.15) is 0 Å². The SMILES string of the molecule is Cc1cc(F)ccc1S(=O)(=O)Nc1ccc(C(=O)O[C@@H](C)C(=O)NC2CC2)cc1. The van der Waals surface area contributed by atoms with E-state index >= 15 is 0 Å². The number of halogens is 1. The minimum atomic E-state index is -3.92. The Morgan fingerprint density at radius 2 is 1.79 bits per heavy atom. The molecule has 1 saturated carbocycles. The molecule has 0 unspecified atom stereocenters. The molecule has 0 bridgehead atoms. The Morgan fingerprint density at radius 3 is 2.38 bits per heavy atom. The molecule has 0 radical (unpaired) electrons. The average Bonchev–Trinajstić information content (AvgIpc) is 3.45. The van der Waals surface area contributed by atoms with Gasteiger partial charge in [0.15, 0.2) is 6.10 Å². The molecule has 2 aromatic carbocycles. The summed E-state index contributed by atoms with van der Waals surface area (Å²) in [6, 6.07) is 9.15. The van der Waals surface area contributed by atoms with Gasteiger partial charge in [0, 0.05) is 11.7 Å². The quantitative estimate of drug-likeness (QED) is 0.671. The smallest absolute Gasteiger partial charge is 0.338 e. The first-order valence-corrected chi connectivity index (χ1v) is 10.5. The number of amides is 1. The van der Waals surface area contributed by atoms with Crippen LogP contribution in [0.4, 0.5) is 10.1 Å². The van der Waals surface area contributed by atoms with Gasteiger partial charge in [-0.25, -0.2) is 17.6 Å². The molecule has 0 aromatic heterocycles. The van der Waals surface area contributed by atoms with E-state index in [1.165, 1.54) is 44.2 Å². The Kier molecular flexibility index (Phi) is 5.88. The van der Waals surface area contributed by atoms with Crippen molar-refractivity contribution in [2.24, 2.45) is 0 Å². The van der Waals surface area contributed by atoms with Crippen molar-refractivity contribution in [1.29, 1.82) is 0 Å². The van der Waals surface area contributed by atoms with Gasteiger partial charge in [-0.05, 0) is 74.7 Å². The van der Waals surface area contributed by atoms with Crippen LogP contribution in [-0.2, 0) is 19.6 Å². The van der Waals surface area contributed by atoms with Crippen molar-refractivity contribution >= 4 is 27.6 Å². The largest absolute Gasteiger partial charge is 0.449 e. The Balaban J connectivity index is 1.64. The fourth-order valence-electron chi connectivity index (χ4n) is 2.63. The first kappa shape index (κ1) is 20.8. The van der Waals surface area contributed by atoms with Gasteiger partial charge in [0.05, 0.1) is 10.5 Å². The molecular formula is C20H21FN2O5S. The number of nitrogens with one attached hydrogen (secondary N) is 2. The lowest BCUT2D eigenvalue weighted by Crippen LogP contribution is -2.37. The summed E-state index contributed by atoms with van der Waals surface area (Å²) in [5.74, 6) is -1.56. The fraction of sp³-hybridized carbons (Fsp3) is 0.300. The zero-order valence-electron chi connectivity index (χ0n) is 15.9. The minimum absolute atomic E-state index is 0.0436. The van der Waals surface area contributed by atoms with E-state index in [2.05, 4.69) is 10.0 Å². The van der Waals surface area contributed by atoms with Crippen LogP contribution in [0.5, 0.6) is 0 Å². The van der Waals surface area contributed by atoms with Gasteiger partial charge in [0.25, 0.3) is 15.9 Å². The maximum Gasteiger partial charge on any atom is 0.338 e. The van der Waals surface area contributed by atoms with Crippen molar-refractivity contribution in [3.8, 4) is 0 Å². The van der Waals surface area contributed by atoms with E-state index in [0.29, 0.717) is 0 Å². The van der Waals surface area contributed by atoms with E-state index < -0.39 is 27.9 Å². The third kappa shape index (κ3) is 5.32. The number of esters is 1. The number of ether oxygens (including phenoxy) is 1. The van der Waals surface area contributed by atoms with Gasteiger partial charge >= 0.3 is 5.97 Å². The highest BCUT2D eigenvalue weighted by Crippen LogP contribution is 2.21. The van der Waals surface area contributed by atoms with Crippen LogP contribution in [0.3, 0.4) is 0 Å². The third-order valence-electron chi connectivity index (χ3n) is 4.38. The summed E-state index contributed by atoms with van der Waals surface area (Å²) in [5.41, 5.74) is 0.679. The normalized spacial score (nSPS) is 14.7. The lowest BCUT2D eigenvalue weighted by molar-refractivity contribution is -0.129. The molecule has 29 heavy (non-hydrogen) atoms. The second kappa shape index (κ2) is 8.20. The number of carbonyl (C=O) groups is 2. The Hall–Kier alpha value is -2.94. The summed E-state index contributed by atoms with van der Waals surface area (Å²) in [4.78, 5) is 24.0. The number of rotatable bonds is 7. The molecule has 7 nitrogen and oxygen atoms in total. The number of hydrogen-bond donors (Lipinski definition) is 2. The van der Waals surface area contributed by atoms with Crippen LogP contribution < -0.4 is 10.0 Å². The van der Waals surface area contributed by atoms with Crippen molar-refractivity contribution in [2.75, 3.05) is 4.72 Å². The minimum Gasteiger partial charge on any atom is -0.449 e. The maximum absolute atomic E-state index is 13.2. The molecule has 1 fully saturated rings. The summed E-state index contributed by atoms with van der Waals surface area (Å²) in [6.07, 6.45) is 0.936. The molecule has 9 heteroatoms. The number of benzene rings is 2. The highest BCUT2D eigenvalue weighted by atomic mass is 32.2. The van der Waals surface area contributed by atoms with Gasteiger partial charge in [0.2, 0.25) is 0 Å². The molecule has 1 atom stereocenters. The molecule has 2 N–H and O–H groups in total. The van der Waals surface area contributed by atoms with Crippen LogP contribution in [0.15, 0.2) is 47.4 Å². The predicted octanol–water partition coefficient (Wildman–Crippen LogP) is 2.76. The van der Waals surface area contributed by atoms with Crippen molar-refractivity contribution in [1.82, 2.24) is 5.32 Å². The van der Waals surface area contributed by atoms with E-state index in [-0.39, 0.29) is 33.7 Å². The number of carbonyl (C=O) groups excluding carboxylic acids is 2. The Morgan fingerprint density at radius 1 is 1.14 bits per heavy atom. The molecule has 1 aliphatic rings. The summed E-state index contributed by atoms with van der Waals surface area (Å²) in [5, 5.41) is 2.75. The van der Waals surface area contributed by atoms with Gasteiger partial charge in [-0.3, -0.25) is 9.52 Å². The number of hydrogen-bond acceptors (Lipinski definition) is 5. The van der Waals surface area contributed by atoms with Crippen LogP contribution in [-0.4, -0.2) is 32.4 Å². The first-order chi connectivity index (χ1) is 13.7. The molecule has 0 spiro atoms. The number of anilines is 1. The molecule has 1 amide bonds. The van der Waals surface area contributed by atoms with Crippen LogP contribution >= 0.6 is 0 Å². The Labute approximate surface area is 168 Å². The summed E-state index contributed by atoms with van der Waals surface area (Å²) < 4.78 is 45.7. The molecule has 154 valence electrons. The molecule has 2 aromatic rings. The molecule has 3 rings (SSSR count).